The highest BCUT2D eigenvalue weighted by atomic mass is 35.5. The maximum atomic E-state index is 6.03. The van der Waals surface area contributed by atoms with Crippen LogP contribution in [0.1, 0.15) is 37.3 Å². The zero-order chi connectivity index (χ0) is 11.9. The van der Waals surface area contributed by atoms with Crippen LogP contribution in [0.25, 0.3) is 0 Å². The quantitative estimate of drug-likeness (QED) is 0.860. The summed E-state index contributed by atoms with van der Waals surface area (Å²) in [6.07, 6.45) is 6.48. The second-order valence-electron chi connectivity index (χ2n) is 5.75. The van der Waals surface area contributed by atoms with Crippen molar-refractivity contribution in [2.75, 3.05) is 6.54 Å². The first kappa shape index (κ1) is 11.6. The minimum absolute atomic E-state index is 0.632. The van der Waals surface area contributed by atoms with Crippen molar-refractivity contribution in [3.8, 4) is 0 Å². The molecule has 1 aromatic rings. The summed E-state index contributed by atoms with van der Waals surface area (Å²) < 4.78 is 0. The molecule has 0 spiro atoms. The molecular weight excluding hydrogens is 230 g/mol. The molecule has 1 nitrogen and oxygen atoms in total. The third-order valence-electron chi connectivity index (χ3n) is 4.57. The van der Waals surface area contributed by atoms with Gasteiger partial charge < -0.3 is 5.32 Å². The van der Waals surface area contributed by atoms with Crippen LogP contribution in [0, 0.1) is 5.41 Å². The molecule has 17 heavy (non-hydrogen) atoms. The largest absolute Gasteiger partial charge is 0.313 e. The number of benzene rings is 1. The van der Waals surface area contributed by atoms with Gasteiger partial charge in [-0.25, -0.2) is 0 Å². The Morgan fingerprint density at radius 2 is 2.06 bits per heavy atom. The minimum atomic E-state index is 0.632. The number of hydrogen-bond donors (Lipinski definition) is 1. The van der Waals surface area contributed by atoms with Crippen molar-refractivity contribution in [2.45, 2.75) is 45.1 Å². The molecule has 1 atom stereocenters. The van der Waals surface area contributed by atoms with Crippen LogP contribution in [-0.4, -0.2) is 12.6 Å². The highest BCUT2D eigenvalue weighted by molar-refractivity contribution is 6.30. The summed E-state index contributed by atoms with van der Waals surface area (Å²) in [4.78, 5) is 0. The topological polar surface area (TPSA) is 12.0 Å². The monoisotopic (exact) mass is 249 g/mol. The molecule has 92 valence electrons. The second kappa shape index (κ2) is 4.29. The first-order chi connectivity index (χ1) is 8.21. The zero-order valence-corrected chi connectivity index (χ0v) is 11.2. The molecule has 2 aliphatic carbocycles. The Balaban J connectivity index is 1.59. The van der Waals surface area contributed by atoms with Crippen molar-refractivity contribution < 1.29 is 0 Å². The molecule has 1 aromatic carbocycles. The van der Waals surface area contributed by atoms with Gasteiger partial charge in [0.25, 0.3) is 0 Å². The van der Waals surface area contributed by atoms with Crippen LogP contribution < -0.4 is 5.32 Å². The van der Waals surface area contributed by atoms with Crippen molar-refractivity contribution in [3.05, 3.63) is 34.3 Å². The van der Waals surface area contributed by atoms with E-state index in [0.29, 0.717) is 11.5 Å². The van der Waals surface area contributed by atoms with Crippen LogP contribution in [0.5, 0.6) is 0 Å². The Bertz CT molecular complexity index is 423. The maximum absolute atomic E-state index is 6.03. The molecule has 0 saturated heterocycles. The summed E-state index contributed by atoms with van der Waals surface area (Å²) in [7, 11) is 0. The Labute approximate surface area is 109 Å². The molecule has 0 heterocycles. The van der Waals surface area contributed by atoms with Crippen LogP contribution >= 0.6 is 11.6 Å². The van der Waals surface area contributed by atoms with Crippen molar-refractivity contribution in [2.24, 2.45) is 5.41 Å². The van der Waals surface area contributed by atoms with E-state index < -0.39 is 0 Å². The van der Waals surface area contributed by atoms with Crippen LogP contribution in [0.3, 0.4) is 0 Å². The lowest BCUT2D eigenvalue weighted by molar-refractivity contribution is 0.404. The first-order valence-electron chi connectivity index (χ1n) is 6.71. The molecule has 2 aliphatic rings. The highest BCUT2D eigenvalue weighted by Gasteiger charge is 2.40. The molecule has 1 unspecified atom stereocenters. The van der Waals surface area contributed by atoms with Gasteiger partial charge in [-0.3, -0.25) is 0 Å². The van der Waals surface area contributed by atoms with E-state index >= 15 is 0 Å². The molecule has 0 bridgehead atoms. The summed E-state index contributed by atoms with van der Waals surface area (Å²) >= 11 is 6.03. The fraction of sp³-hybridized carbons (Fsp3) is 0.600. The van der Waals surface area contributed by atoms with Gasteiger partial charge in [0.05, 0.1) is 0 Å². The molecule has 1 saturated carbocycles. The lowest BCUT2D eigenvalue weighted by Gasteiger charge is -2.17. The maximum Gasteiger partial charge on any atom is 0.0408 e. The predicted molar refractivity (Wildman–Crippen MR) is 72.6 cm³/mol. The Morgan fingerprint density at radius 1 is 1.29 bits per heavy atom. The van der Waals surface area contributed by atoms with Gasteiger partial charge >= 0.3 is 0 Å². The van der Waals surface area contributed by atoms with Gasteiger partial charge in [-0.15, -0.1) is 0 Å². The Hall–Kier alpha value is -0.530. The number of hydrogen-bond acceptors (Lipinski definition) is 1. The van der Waals surface area contributed by atoms with Crippen LogP contribution in [0.15, 0.2) is 18.2 Å². The van der Waals surface area contributed by atoms with E-state index in [1.807, 2.05) is 6.07 Å². The van der Waals surface area contributed by atoms with Gasteiger partial charge in [0.2, 0.25) is 0 Å². The summed E-state index contributed by atoms with van der Waals surface area (Å²) in [6, 6.07) is 6.96. The van der Waals surface area contributed by atoms with Gasteiger partial charge in [-0.2, -0.15) is 0 Å². The third kappa shape index (κ3) is 2.36. The van der Waals surface area contributed by atoms with Crippen LogP contribution in [0.2, 0.25) is 5.02 Å². The summed E-state index contributed by atoms with van der Waals surface area (Å²) in [5.74, 6) is 0. The summed E-state index contributed by atoms with van der Waals surface area (Å²) in [6.45, 7) is 3.52. The lowest BCUT2D eigenvalue weighted by atomic mass is 10.0. The molecule has 1 N–H and O–H groups in total. The third-order valence-corrected chi connectivity index (χ3v) is 4.81. The Morgan fingerprint density at radius 3 is 2.76 bits per heavy atom. The van der Waals surface area contributed by atoms with Crippen molar-refractivity contribution in [3.63, 3.8) is 0 Å². The molecule has 0 radical (unpaired) electrons. The lowest BCUT2D eigenvalue weighted by Crippen LogP contribution is -2.34. The number of nitrogens with one attached hydrogen (secondary N) is 1. The van der Waals surface area contributed by atoms with E-state index in [2.05, 4.69) is 24.4 Å². The summed E-state index contributed by atoms with van der Waals surface area (Å²) in [5, 5.41) is 4.63. The van der Waals surface area contributed by atoms with Gasteiger partial charge in [-0.05, 0) is 60.8 Å². The molecule has 2 heteroatoms. The van der Waals surface area contributed by atoms with E-state index in [0.717, 1.165) is 11.4 Å². The van der Waals surface area contributed by atoms with E-state index in [9.17, 15) is 0 Å². The Kier molecular flexibility index (Phi) is 2.92. The highest BCUT2D eigenvalue weighted by Crippen LogP contribution is 2.48. The van der Waals surface area contributed by atoms with Crippen molar-refractivity contribution >= 4 is 11.6 Å². The average molecular weight is 250 g/mol. The average Bonchev–Trinajstić information content (AvgIpc) is 3.00. The first-order valence-corrected chi connectivity index (χ1v) is 7.09. The van der Waals surface area contributed by atoms with E-state index in [1.54, 1.807) is 0 Å². The van der Waals surface area contributed by atoms with Gasteiger partial charge in [0.1, 0.15) is 0 Å². The van der Waals surface area contributed by atoms with E-state index in [4.69, 9.17) is 11.6 Å². The zero-order valence-electron chi connectivity index (χ0n) is 10.4. The smallest absolute Gasteiger partial charge is 0.0408 e. The van der Waals surface area contributed by atoms with E-state index in [1.165, 1.54) is 43.4 Å². The standard InChI is InChI=1S/C15H20ClN/c1-2-15(5-6-15)10-17-14-8-11-3-4-13(16)7-12(11)9-14/h3-4,7,14,17H,2,5-6,8-10H2,1H3. The van der Waals surface area contributed by atoms with Gasteiger partial charge in [-0.1, -0.05) is 24.6 Å². The van der Waals surface area contributed by atoms with Crippen LogP contribution in [-0.2, 0) is 12.8 Å². The SMILES string of the molecule is CCC1(CNC2Cc3ccc(Cl)cc3C2)CC1. The number of rotatable bonds is 4. The predicted octanol–water partition coefficient (Wildman–Crippen LogP) is 3.59. The minimum Gasteiger partial charge on any atom is -0.313 e. The fourth-order valence-electron chi connectivity index (χ4n) is 2.92. The van der Waals surface area contributed by atoms with Crippen molar-refractivity contribution in [1.82, 2.24) is 5.32 Å². The number of halogens is 1. The van der Waals surface area contributed by atoms with E-state index in [-0.39, 0.29) is 0 Å². The summed E-state index contributed by atoms with van der Waals surface area (Å²) in [5.41, 5.74) is 3.57. The molecule has 3 rings (SSSR count). The molecule has 0 aromatic heterocycles. The fourth-order valence-corrected chi connectivity index (χ4v) is 3.12. The molecule has 1 fully saturated rings. The molecule has 0 amide bonds. The molecule has 0 aliphatic heterocycles. The van der Waals surface area contributed by atoms with Gasteiger partial charge in [0.15, 0.2) is 0 Å². The second-order valence-corrected chi connectivity index (χ2v) is 6.19. The van der Waals surface area contributed by atoms with Crippen molar-refractivity contribution in [1.29, 1.82) is 0 Å². The molecular formula is C15H20ClN. The van der Waals surface area contributed by atoms with Crippen LogP contribution in [0.4, 0.5) is 0 Å². The number of fused-ring (bicyclic) bond motifs is 1. The van der Waals surface area contributed by atoms with Gasteiger partial charge in [0, 0.05) is 17.6 Å². The normalized spacial score (nSPS) is 24.7.